The zero-order valence-electron chi connectivity index (χ0n) is 13.0. The minimum absolute atomic E-state index is 0.228. The van der Waals surface area contributed by atoms with Crippen molar-refractivity contribution in [2.75, 3.05) is 43.1 Å². The summed E-state index contributed by atoms with van der Waals surface area (Å²) in [5, 5.41) is 3.21. The molecular formula is C16H24N2O3. The molecule has 1 N–H and O–H groups in total. The largest absolute Gasteiger partial charge is 0.464 e. The molecule has 1 aliphatic rings. The first-order chi connectivity index (χ1) is 10.1. The van der Waals surface area contributed by atoms with Crippen LogP contribution in [0.15, 0.2) is 18.2 Å². The maximum absolute atomic E-state index is 11.7. The number of nitrogens with one attached hydrogen (secondary N) is 1. The van der Waals surface area contributed by atoms with E-state index in [0.717, 1.165) is 37.6 Å². The Bertz CT molecular complexity index is 484. The lowest BCUT2D eigenvalue weighted by Gasteiger charge is -2.29. The Kier molecular flexibility index (Phi) is 5.44. The second-order valence-corrected chi connectivity index (χ2v) is 5.22. The highest BCUT2D eigenvalue weighted by atomic mass is 16.5. The molecule has 0 radical (unpaired) electrons. The number of nitrogens with zero attached hydrogens (tertiary/aromatic N) is 1. The van der Waals surface area contributed by atoms with Crippen LogP contribution in [-0.4, -0.2) is 44.9 Å². The average molecular weight is 292 g/mol. The fourth-order valence-electron chi connectivity index (χ4n) is 2.39. The van der Waals surface area contributed by atoms with Crippen LogP contribution in [0.5, 0.6) is 0 Å². The molecule has 5 heteroatoms. The third kappa shape index (κ3) is 4.11. The minimum Gasteiger partial charge on any atom is -0.464 e. The molecule has 0 spiro atoms. The molecule has 1 fully saturated rings. The molecule has 1 aromatic carbocycles. The van der Waals surface area contributed by atoms with E-state index in [4.69, 9.17) is 9.47 Å². The molecule has 5 nitrogen and oxygen atoms in total. The summed E-state index contributed by atoms with van der Waals surface area (Å²) in [6.45, 7) is 9.47. The number of morpholine rings is 1. The van der Waals surface area contributed by atoms with Crippen molar-refractivity contribution in [2.45, 2.75) is 26.8 Å². The number of carbonyl (C=O) groups is 1. The molecule has 1 aliphatic heterocycles. The summed E-state index contributed by atoms with van der Waals surface area (Å²) < 4.78 is 10.4. The molecule has 0 saturated carbocycles. The monoisotopic (exact) mass is 292 g/mol. The summed E-state index contributed by atoms with van der Waals surface area (Å²) in [4.78, 5) is 14.0. The van der Waals surface area contributed by atoms with Gasteiger partial charge < -0.3 is 19.7 Å². The molecule has 1 aromatic rings. The zero-order valence-corrected chi connectivity index (χ0v) is 13.0. The number of aryl methyl sites for hydroxylation is 1. The Morgan fingerprint density at radius 2 is 2.14 bits per heavy atom. The Balaban J connectivity index is 2.03. The van der Waals surface area contributed by atoms with Crippen molar-refractivity contribution in [3.8, 4) is 0 Å². The van der Waals surface area contributed by atoms with Crippen molar-refractivity contribution >= 4 is 17.3 Å². The van der Waals surface area contributed by atoms with Gasteiger partial charge in [0, 0.05) is 24.5 Å². The lowest BCUT2D eigenvalue weighted by molar-refractivity contribution is -0.143. The van der Waals surface area contributed by atoms with Crippen molar-refractivity contribution in [2.24, 2.45) is 0 Å². The molecule has 1 heterocycles. The molecule has 0 aliphatic carbocycles. The molecule has 1 saturated heterocycles. The van der Waals surface area contributed by atoms with Crippen molar-refractivity contribution in [1.29, 1.82) is 0 Å². The van der Waals surface area contributed by atoms with Crippen molar-refractivity contribution in [3.63, 3.8) is 0 Å². The first kappa shape index (κ1) is 15.6. The van der Waals surface area contributed by atoms with E-state index in [0.29, 0.717) is 6.61 Å². The number of hydrogen-bond donors (Lipinski definition) is 1. The first-order valence-electron chi connectivity index (χ1n) is 7.48. The van der Waals surface area contributed by atoms with Crippen LogP contribution < -0.4 is 10.2 Å². The number of hydrogen-bond acceptors (Lipinski definition) is 5. The molecule has 2 rings (SSSR count). The highest BCUT2D eigenvalue weighted by Crippen LogP contribution is 2.24. The van der Waals surface area contributed by atoms with E-state index in [9.17, 15) is 4.79 Å². The number of carbonyl (C=O) groups excluding carboxylic acids is 1. The van der Waals surface area contributed by atoms with Crippen molar-refractivity contribution < 1.29 is 14.3 Å². The summed E-state index contributed by atoms with van der Waals surface area (Å²) in [6, 6.07) is 5.90. The first-order valence-corrected chi connectivity index (χ1v) is 7.48. The van der Waals surface area contributed by atoms with Gasteiger partial charge in [0.05, 0.1) is 19.8 Å². The van der Waals surface area contributed by atoms with Crippen LogP contribution in [0.2, 0.25) is 0 Å². The standard InChI is InChI=1S/C16H24N2O3/c1-4-21-16(19)13(3)17-15-6-5-14(11-12(15)2)18-7-9-20-10-8-18/h5-6,11,13,17H,4,7-10H2,1-3H3. The third-order valence-corrected chi connectivity index (χ3v) is 3.60. The van der Waals surface area contributed by atoms with Crippen molar-refractivity contribution in [1.82, 2.24) is 0 Å². The predicted molar refractivity (Wildman–Crippen MR) is 83.9 cm³/mol. The van der Waals surface area contributed by atoms with E-state index in [2.05, 4.69) is 22.3 Å². The fourth-order valence-corrected chi connectivity index (χ4v) is 2.39. The van der Waals surface area contributed by atoms with Gasteiger partial charge in [-0.25, -0.2) is 4.79 Å². The number of esters is 1. The van der Waals surface area contributed by atoms with Gasteiger partial charge in [-0.15, -0.1) is 0 Å². The summed E-state index contributed by atoms with van der Waals surface area (Å²) >= 11 is 0. The van der Waals surface area contributed by atoms with Crippen LogP contribution in [0.3, 0.4) is 0 Å². The lowest BCUT2D eigenvalue weighted by Crippen LogP contribution is -2.36. The quantitative estimate of drug-likeness (QED) is 0.843. The van der Waals surface area contributed by atoms with Crippen LogP contribution in [0.25, 0.3) is 0 Å². The van der Waals surface area contributed by atoms with E-state index >= 15 is 0 Å². The second-order valence-electron chi connectivity index (χ2n) is 5.22. The fraction of sp³-hybridized carbons (Fsp3) is 0.562. The van der Waals surface area contributed by atoms with Crippen LogP contribution in [0.4, 0.5) is 11.4 Å². The molecule has 0 amide bonds. The van der Waals surface area contributed by atoms with Gasteiger partial charge in [-0.2, -0.15) is 0 Å². The van der Waals surface area contributed by atoms with Crippen LogP contribution >= 0.6 is 0 Å². The second kappa shape index (κ2) is 7.31. The van der Waals surface area contributed by atoms with Gasteiger partial charge in [0.25, 0.3) is 0 Å². The van der Waals surface area contributed by atoms with Crippen LogP contribution in [-0.2, 0) is 14.3 Å². The average Bonchev–Trinajstić information content (AvgIpc) is 2.50. The molecule has 0 aromatic heterocycles. The molecule has 1 unspecified atom stereocenters. The summed E-state index contributed by atoms with van der Waals surface area (Å²) in [6.07, 6.45) is 0. The zero-order chi connectivity index (χ0) is 15.2. The molecular weight excluding hydrogens is 268 g/mol. The highest BCUT2D eigenvalue weighted by molar-refractivity contribution is 5.79. The van der Waals surface area contributed by atoms with E-state index in [1.54, 1.807) is 0 Å². The third-order valence-electron chi connectivity index (χ3n) is 3.60. The van der Waals surface area contributed by atoms with E-state index < -0.39 is 0 Å². The van der Waals surface area contributed by atoms with Gasteiger partial charge in [0.1, 0.15) is 6.04 Å². The van der Waals surface area contributed by atoms with E-state index in [-0.39, 0.29) is 12.0 Å². The van der Waals surface area contributed by atoms with Gasteiger partial charge in [-0.3, -0.25) is 0 Å². The Morgan fingerprint density at radius 3 is 2.76 bits per heavy atom. The topological polar surface area (TPSA) is 50.8 Å². The van der Waals surface area contributed by atoms with Gasteiger partial charge >= 0.3 is 5.97 Å². The highest BCUT2D eigenvalue weighted by Gasteiger charge is 2.16. The normalized spacial score (nSPS) is 16.4. The van der Waals surface area contributed by atoms with Crippen LogP contribution in [0, 0.1) is 6.92 Å². The maximum Gasteiger partial charge on any atom is 0.328 e. The summed E-state index contributed by atoms with van der Waals surface area (Å²) in [7, 11) is 0. The van der Waals surface area contributed by atoms with Gasteiger partial charge in [0.2, 0.25) is 0 Å². The number of ether oxygens (including phenoxy) is 2. The van der Waals surface area contributed by atoms with E-state index in [1.807, 2.05) is 26.8 Å². The maximum atomic E-state index is 11.7. The minimum atomic E-state index is -0.349. The summed E-state index contributed by atoms with van der Waals surface area (Å²) in [5.74, 6) is -0.228. The number of anilines is 2. The SMILES string of the molecule is CCOC(=O)C(C)Nc1ccc(N2CCOCC2)cc1C. The predicted octanol–water partition coefficient (Wildman–Crippen LogP) is 2.20. The van der Waals surface area contributed by atoms with Gasteiger partial charge in [-0.1, -0.05) is 0 Å². The van der Waals surface area contributed by atoms with Crippen LogP contribution in [0.1, 0.15) is 19.4 Å². The Hall–Kier alpha value is -1.75. The number of benzene rings is 1. The summed E-state index contributed by atoms with van der Waals surface area (Å²) in [5.41, 5.74) is 3.29. The van der Waals surface area contributed by atoms with Crippen molar-refractivity contribution in [3.05, 3.63) is 23.8 Å². The molecule has 1 atom stereocenters. The smallest absolute Gasteiger partial charge is 0.328 e. The van der Waals surface area contributed by atoms with Gasteiger partial charge in [0.15, 0.2) is 0 Å². The Labute approximate surface area is 126 Å². The number of rotatable bonds is 5. The van der Waals surface area contributed by atoms with E-state index in [1.165, 1.54) is 5.69 Å². The lowest BCUT2D eigenvalue weighted by atomic mass is 10.1. The Morgan fingerprint density at radius 1 is 1.43 bits per heavy atom. The van der Waals surface area contributed by atoms with Gasteiger partial charge in [-0.05, 0) is 44.5 Å². The molecule has 116 valence electrons. The molecule has 21 heavy (non-hydrogen) atoms. The molecule has 0 bridgehead atoms.